The number of hydrogen-bond acceptors (Lipinski definition) is 2. The quantitative estimate of drug-likeness (QED) is 0.524. The van der Waals surface area contributed by atoms with Crippen molar-refractivity contribution in [2.24, 2.45) is 0 Å². The first kappa shape index (κ1) is 10.6. The highest BCUT2D eigenvalue weighted by Crippen LogP contribution is 2.33. The molecule has 3 heterocycles. The van der Waals surface area contributed by atoms with Gasteiger partial charge in [0.05, 0.1) is 5.52 Å². The monoisotopic (exact) mass is 253 g/mol. The molecule has 0 saturated carbocycles. The van der Waals surface area contributed by atoms with Crippen LogP contribution in [0.4, 0.5) is 0 Å². The van der Waals surface area contributed by atoms with Crippen molar-refractivity contribution < 1.29 is 0 Å². The number of imidazole rings is 1. The van der Waals surface area contributed by atoms with Gasteiger partial charge in [0.2, 0.25) is 0 Å². The Morgan fingerprint density at radius 3 is 2.74 bits per heavy atom. The van der Waals surface area contributed by atoms with Gasteiger partial charge in [0.15, 0.2) is 5.65 Å². The van der Waals surface area contributed by atoms with Crippen LogP contribution in [0.5, 0.6) is 0 Å². The lowest BCUT2D eigenvalue weighted by atomic mass is 10.1. The van der Waals surface area contributed by atoms with Crippen molar-refractivity contribution >= 4 is 27.8 Å². The standard InChI is InChI=1S/C14H15N5/c1-14(2,3)18-10-7-5-4-6-9(10)11-12(18)19-13(17-11)15-8-16-19/h4-8H,1-3H3,(H,15,16,17). The molecule has 0 aliphatic rings. The fourth-order valence-electron chi connectivity index (χ4n) is 2.80. The van der Waals surface area contributed by atoms with Crippen LogP contribution in [0.1, 0.15) is 20.8 Å². The second kappa shape index (κ2) is 3.17. The number of aromatic amines is 1. The van der Waals surface area contributed by atoms with Crippen LogP contribution in [-0.2, 0) is 5.54 Å². The minimum atomic E-state index is -0.0254. The van der Waals surface area contributed by atoms with Crippen molar-refractivity contribution in [3.05, 3.63) is 30.6 Å². The molecule has 0 radical (unpaired) electrons. The molecule has 3 aromatic heterocycles. The number of benzene rings is 1. The molecule has 0 fully saturated rings. The lowest BCUT2D eigenvalue weighted by molar-refractivity contribution is 0.419. The van der Waals surface area contributed by atoms with E-state index < -0.39 is 0 Å². The number of para-hydroxylation sites is 1. The second-order valence-corrected chi connectivity index (χ2v) is 5.83. The van der Waals surface area contributed by atoms with Gasteiger partial charge in [0.1, 0.15) is 11.8 Å². The van der Waals surface area contributed by atoms with Crippen molar-refractivity contribution in [1.29, 1.82) is 0 Å². The number of nitrogens with one attached hydrogen (secondary N) is 1. The summed E-state index contributed by atoms with van der Waals surface area (Å²) in [7, 11) is 0. The Kier molecular flexibility index (Phi) is 1.77. The maximum atomic E-state index is 4.64. The molecule has 19 heavy (non-hydrogen) atoms. The summed E-state index contributed by atoms with van der Waals surface area (Å²) in [5.41, 5.74) is 3.25. The van der Waals surface area contributed by atoms with Crippen molar-refractivity contribution in [1.82, 2.24) is 24.1 Å². The normalized spacial score (nSPS) is 13.0. The third-order valence-electron chi connectivity index (χ3n) is 3.48. The van der Waals surface area contributed by atoms with Gasteiger partial charge in [0.25, 0.3) is 5.78 Å². The molecule has 1 N–H and O–H groups in total. The number of hydrogen-bond donors (Lipinski definition) is 1. The largest absolute Gasteiger partial charge is 0.319 e. The van der Waals surface area contributed by atoms with E-state index in [2.05, 4.69) is 64.7 Å². The topological polar surface area (TPSA) is 50.9 Å². The maximum Gasteiger partial charge on any atom is 0.252 e. The van der Waals surface area contributed by atoms with E-state index >= 15 is 0 Å². The van der Waals surface area contributed by atoms with Crippen LogP contribution < -0.4 is 0 Å². The van der Waals surface area contributed by atoms with E-state index in [9.17, 15) is 0 Å². The number of H-pyrrole nitrogens is 1. The van der Waals surface area contributed by atoms with Gasteiger partial charge in [0, 0.05) is 10.9 Å². The first-order valence-electron chi connectivity index (χ1n) is 6.39. The maximum absolute atomic E-state index is 4.64. The van der Waals surface area contributed by atoms with Gasteiger partial charge in [-0.05, 0) is 26.8 Å². The Labute approximate surface area is 109 Å². The molecule has 0 unspecified atom stereocenters. The summed E-state index contributed by atoms with van der Waals surface area (Å²) in [6.07, 6.45) is 1.67. The summed E-state index contributed by atoms with van der Waals surface area (Å²) in [5.74, 6) is 0.716. The zero-order chi connectivity index (χ0) is 13.2. The molecular formula is C14H15N5. The highest BCUT2D eigenvalue weighted by molar-refractivity contribution is 6.06. The first-order valence-corrected chi connectivity index (χ1v) is 6.39. The van der Waals surface area contributed by atoms with Gasteiger partial charge in [-0.2, -0.15) is 0 Å². The average molecular weight is 253 g/mol. The highest BCUT2D eigenvalue weighted by atomic mass is 15.4. The molecule has 4 rings (SSSR count). The van der Waals surface area contributed by atoms with Crippen LogP contribution in [-0.4, -0.2) is 24.1 Å². The van der Waals surface area contributed by atoms with E-state index in [1.807, 2.05) is 4.52 Å². The summed E-state index contributed by atoms with van der Waals surface area (Å²) in [6.45, 7) is 6.61. The Balaban J connectivity index is 2.36. The van der Waals surface area contributed by atoms with E-state index in [1.165, 1.54) is 10.9 Å². The molecule has 0 spiro atoms. The number of aromatic nitrogens is 5. The minimum Gasteiger partial charge on any atom is -0.319 e. The van der Waals surface area contributed by atoms with Gasteiger partial charge in [-0.3, -0.25) is 5.10 Å². The molecule has 1 aromatic carbocycles. The number of nitrogens with zero attached hydrogens (tertiary/aromatic N) is 4. The minimum absolute atomic E-state index is 0.0254. The molecule has 0 saturated heterocycles. The Hall–Kier alpha value is -2.30. The molecule has 0 bridgehead atoms. The van der Waals surface area contributed by atoms with E-state index in [1.54, 1.807) is 6.33 Å². The van der Waals surface area contributed by atoms with Crippen LogP contribution in [0.25, 0.3) is 27.8 Å². The Morgan fingerprint density at radius 1 is 1.16 bits per heavy atom. The third-order valence-corrected chi connectivity index (χ3v) is 3.48. The van der Waals surface area contributed by atoms with Crippen molar-refractivity contribution in [2.45, 2.75) is 26.3 Å². The van der Waals surface area contributed by atoms with Crippen LogP contribution in [0.2, 0.25) is 0 Å². The number of rotatable bonds is 0. The zero-order valence-electron chi connectivity index (χ0n) is 11.2. The van der Waals surface area contributed by atoms with Crippen LogP contribution in [0.3, 0.4) is 0 Å². The first-order chi connectivity index (χ1) is 9.07. The van der Waals surface area contributed by atoms with Crippen molar-refractivity contribution in [3.63, 3.8) is 0 Å². The highest BCUT2D eigenvalue weighted by Gasteiger charge is 2.24. The fourth-order valence-corrected chi connectivity index (χ4v) is 2.80. The molecule has 5 nitrogen and oxygen atoms in total. The summed E-state index contributed by atoms with van der Waals surface area (Å²) in [6, 6.07) is 8.38. The van der Waals surface area contributed by atoms with Gasteiger partial charge in [-0.1, -0.05) is 18.2 Å². The zero-order valence-corrected chi connectivity index (χ0v) is 11.2. The van der Waals surface area contributed by atoms with Crippen LogP contribution >= 0.6 is 0 Å². The SMILES string of the molecule is CC(C)(C)n1c2ccccc2c2nc3nc[nH]n3c21. The molecule has 96 valence electrons. The molecular weight excluding hydrogens is 238 g/mol. The fraction of sp³-hybridized carbons (Fsp3) is 0.286. The Morgan fingerprint density at radius 2 is 1.95 bits per heavy atom. The third kappa shape index (κ3) is 1.24. The molecule has 0 amide bonds. The van der Waals surface area contributed by atoms with Gasteiger partial charge < -0.3 is 4.57 Å². The Bertz CT molecular complexity index is 900. The summed E-state index contributed by atoms with van der Waals surface area (Å²) in [4.78, 5) is 8.88. The summed E-state index contributed by atoms with van der Waals surface area (Å²) >= 11 is 0. The second-order valence-electron chi connectivity index (χ2n) is 5.83. The summed E-state index contributed by atoms with van der Waals surface area (Å²) < 4.78 is 4.26. The lowest BCUT2D eigenvalue weighted by Crippen LogP contribution is -2.22. The average Bonchev–Trinajstić information content (AvgIpc) is 2.96. The van der Waals surface area contributed by atoms with Crippen molar-refractivity contribution in [3.8, 4) is 0 Å². The predicted molar refractivity (Wildman–Crippen MR) is 75.3 cm³/mol. The van der Waals surface area contributed by atoms with Crippen molar-refractivity contribution in [2.75, 3.05) is 0 Å². The van der Waals surface area contributed by atoms with E-state index in [4.69, 9.17) is 0 Å². The van der Waals surface area contributed by atoms with E-state index in [0.29, 0.717) is 5.78 Å². The van der Waals surface area contributed by atoms with Gasteiger partial charge in [-0.25, -0.2) is 14.5 Å². The molecule has 0 atom stereocenters. The van der Waals surface area contributed by atoms with Gasteiger partial charge in [-0.15, -0.1) is 0 Å². The molecule has 0 aliphatic heterocycles. The number of fused-ring (bicyclic) bond motifs is 5. The van der Waals surface area contributed by atoms with Gasteiger partial charge >= 0.3 is 0 Å². The van der Waals surface area contributed by atoms with E-state index in [-0.39, 0.29) is 5.54 Å². The lowest BCUT2D eigenvalue weighted by Gasteiger charge is -2.23. The summed E-state index contributed by atoms with van der Waals surface area (Å²) in [5, 5.41) is 4.31. The van der Waals surface area contributed by atoms with E-state index in [0.717, 1.165) is 11.2 Å². The smallest absolute Gasteiger partial charge is 0.252 e. The molecule has 0 aliphatic carbocycles. The molecule has 4 aromatic rings. The van der Waals surface area contributed by atoms with Crippen LogP contribution in [0.15, 0.2) is 30.6 Å². The predicted octanol–water partition coefficient (Wildman–Crippen LogP) is 2.92. The molecule has 5 heteroatoms. The van der Waals surface area contributed by atoms with Crippen LogP contribution in [0, 0.1) is 0 Å².